The number of rotatable bonds is 5. The number of ether oxygens (including phenoxy) is 1. The zero-order chi connectivity index (χ0) is 21.3. The molecule has 3 aromatic carbocycles. The van der Waals surface area contributed by atoms with Crippen LogP contribution in [0.1, 0.15) is 17.3 Å². The summed E-state index contributed by atoms with van der Waals surface area (Å²) in [4.78, 5) is 50.1. The molecule has 1 aliphatic heterocycles. The summed E-state index contributed by atoms with van der Waals surface area (Å²) >= 11 is 0. The highest BCUT2D eigenvalue weighted by Crippen LogP contribution is 2.28. The van der Waals surface area contributed by atoms with Gasteiger partial charge < -0.3 is 10.1 Å². The minimum atomic E-state index is -1.08. The Hall–Kier alpha value is -4.00. The minimum Gasteiger partial charge on any atom is -0.451 e. The summed E-state index contributed by atoms with van der Waals surface area (Å²) in [6.45, 7) is 0.997. The smallest absolute Gasteiger partial charge is 0.326 e. The number of anilines is 2. The standard InChI is InChI=1S/C23H18N2O5/c1-14(22(28)24-18-11-6-8-15-7-2-3-9-16(15)18)30-20(26)13-25-19-12-5-4-10-17(19)21(27)23(25)29/h2-12,14H,13H2,1H3,(H,24,28)/t14-/m0/s1. The van der Waals surface area contributed by atoms with Crippen molar-refractivity contribution in [2.75, 3.05) is 16.8 Å². The highest BCUT2D eigenvalue weighted by molar-refractivity contribution is 6.52. The largest absolute Gasteiger partial charge is 0.451 e. The van der Waals surface area contributed by atoms with Crippen LogP contribution in [0.3, 0.4) is 0 Å². The van der Waals surface area contributed by atoms with Crippen LogP contribution in [0.2, 0.25) is 0 Å². The average Bonchev–Trinajstić information content (AvgIpc) is 2.99. The lowest BCUT2D eigenvalue weighted by Gasteiger charge is -2.18. The van der Waals surface area contributed by atoms with Crippen LogP contribution in [-0.2, 0) is 19.1 Å². The molecule has 0 saturated carbocycles. The molecule has 3 aromatic rings. The zero-order valence-corrected chi connectivity index (χ0v) is 16.1. The SMILES string of the molecule is C[C@H](OC(=O)CN1C(=O)C(=O)c2ccccc21)C(=O)Nc1cccc2ccccc12. The Balaban J connectivity index is 1.42. The molecule has 0 radical (unpaired) electrons. The first-order chi connectivity index (χ1) is 14.5. The van der Waals surface area contributed by atoms with Crippen LogP contribution in [0.15, 0.2) is 66.7 Å². The summed E-state index contributed by atoms with van der Waals surface area (Å²) in [7, 11) is 0. The van der Waals surface area contributed by atoms with Crippen LogP contribution in [-0.4, -0.2) is 36.2 Å². The Morgan fingerprint density at radius 1 is 0.967 bits per heavy atom. The van der Waals surface area contributed by atoms with Crippen LogP contribution < -0.4 is 10.2 Å². The summed E-state index contributed by atoms with van der Waals surface area (Å²) in [5.41, 5.74) is 1.21. The molecule has 150 valence electrons. The van der Waals surface area contributed by atoms with Crippen LogP contribution in [0.25, 0.3) is 10.8 Å². The molecule has 7 nitrogen and oxygen atoms in total. The van der Waals surface area contributed by atoms with E-state index in [-0.39, 0.29) is 5.56 Å². The molecule has 0 fully saturated rings. The van der Waals surface area contributed by atoms with Crippen molar-refractivity contribution in [3.8, 4) is 0 Å². The second-order valence-corrected chi connectivity index (χ2v) is 6.89. The summed E-state index contributed by atoms with van der Waals surface area (Å²) < 4.78 is 5.20. The normalized spacial score (nSPS) is 13.8. The van der Waals surface area contributed by atoms with Gasteiger partial charge in [-0.1, -0.05) is 48.5 Å². The van der Waals surface area contributed by atoms with Crippen molar-refractivity contribution in [2.24, 2.45) is 0 Å². The van der Waals surface area contributed by atoms with Crippen molar-refractivity contribution in [3.05, 3.63) is 72.3 Å². The van der Waals surface area contributed by atoms with Gasteiger partial charge in [-0.25, -0.2) is 0 Å². The number of esters is 1. The van der Waals surface area contributed by atoms with Gasteiger partial charge in [0.05, 0.1) is 11.3 Å². The first-order valence-electron chi connectivity index (χ1n) is 9.39. The number of nitrogens with zero attached hydrogens (tertiary/aromatic N) is 1. The van der Waals surface area contributed by atoms with E-state index in [0.717, 1.165) is 15.7 Å². The number of amides is 2. The van der Waals surface area contributed by atoms with E-state index >= 15 is 0 Å². The highest BCUT2D eigenvalue weighted by Gasteiger charge is 2.37. The monoisotopic (exact) mass is 402 g/mol. The van der Waals surface area contributed by atoms with Gasteiger partial charge in [-0.05, 0) is 30.5 Å². The number of fused-ring (bicyclic) bond motifs is 2. The molecule has 1 aliphatic rings. The van der Waals surface area contributed by atoms with Gasteiger partial charge in [0.15, 0.2) is 6.10 Å². The summed E-state index contributed by atoms with van der Waals surface area (Å²) in [5.74, 6) is -2.74. The Morgan fingerprint density at radius 2 is 1.67 bits per heavy atom. The molecule has 0 saturated heterocycles. The number of carbonyl (C=O) groups excluding carboxylic acids is 4. The maximum Gasteiger partial charge on any atom is 0.326 e. The van der Waals surface area contributed by atoms with Gasteiger partial charge in [0.25, 0.3) is 17.6 Å². The van der Waals surface area contributed by atoms with E-state index in [9.17, 15) is 19.2 Å². The van der Waals surface area contributed by atoms with E-state index in [4.69, 9.17) is 4.74 Å². The Labute approximate surface area is 172 Å². The molecule has 7 heteroatoms. The number of Topliss-reactive ketones (excluding diaryl/α,β-unsaturated/α-hetero) is 1. The van der Waals surface area contributed by atoms with Crippen molar-refractivity contribution < 1.29 is 23.9 Å². The number of ketones is 1. The lowest BCUT2D eigenvalue weighted by molar-refractivity contribution is -0.152. The quantitative estimate of drug-likeness (QED) is 0.523. The van der Waals surface area contributed by atoms with Crippen LogP contribution in [0.4, 0.5) is 11.4 Å². The predicted molar refractivity (Wildman–Crippen MR) is 111 cm³/mol. The third-order valence-corrected chi connectivity index (χ3v) is 4.89. The lowest BCUT2D eigenvalue weighted by Crippen LogP contribution is -2.38. The van der Waals surface area contributed by atoms with Crippen molar-refractivity contribution >= 4 is 45.7 Å². The molecule has 0 spiro atoms. The summed E-state index contributed by atoms with van der Waals surface area (Å²) in [5, 5.41) is 4.60. The lowest BCUT2D eigenvalue weighted by atomic mass is 10.1. The Kier molecular flexibility index (Phi) is 5.02. The molecule has 30 heavy (non-hydrogen) atoms. The highest BCUT2D eigenvalue weighted by atomic mass is 16.5. The number of carbonyl (C=O) groups is 4. The first-order valence-corrected chi connectivity index (χ1v) is 9.39. The van der Waals surface area contributed by atoms with Crippen molar-refractivity contribution in [1.82, 2.24) is 0 Å². The van der Waals surface area contributed by atoms with Crippen molar-refractivity contribution in [1.29, 1.82) is 0 Å². The molecule has 4 rings (SSSR count). The molecule has 1 heterocycles. The Bertz CT molecular complexity index is 1180. The molecule has 0 aliphatic carbocycles. The van der Waals surface area contributed by atoms with Crippen LogP contribution in [0, 0.1) is 0 Å². The van der Waals surface area contributed by atoms with Gasteiger partial charge in [0, 0.05) is 11.1 Å². The number of hydrogen-bond acceptors (Lipinski definition) is 5. The van der Waals surface area contributed by atoms with Crippen molar-refractivity contribution in [3.63, 3.8) is 0 Å². The number of para-hydroxylation sites is 1. The van der Waals surface area contributed by atoms with Crippen molar-refractivity contribution in [2.45, 2.75) is 13.0 Å². The molecule has 0 unspecified atom stereocenters. The second kappa shape index (κ2) is 7.79. The van der Waals surface area contributed by atoms with Gasteiger partial charge in [-0.3, -0.25) is 24.1 Å². The molecular formula is C23H18N2O5. The average molecular weight is 402 g/mol. The van der Waals surface area contributed by atoms with E-state index in [1.807, 2.05) is 36.4 Å². The first kappa shape index (κ1) is 19.3. The number of nitrogens with one attached hydrogen (secondary N) is 1. The van der Waals surface area contributed by atoms with E-state index in [1.54, 1.807) is 24.3 Å². The topological polar surface area (TPSA) is 92.8 Å². The molecule has 1 N–H and O–H groups in total. The molecule has 1 atom stereocenters. The fraction of sp³-hybridized carbons (Fsp3) is 0.130. The van der Waals surface area contributed by atoms with Gasteiger partial charge in [0.2, 0.25) is 0 Å². The van der Waals surface area contributed by atoms with E-state index in [1.165, 1.54) is 13.0 Å². The van der Waals surface area contributed by atoms with Gasteiger partial charge in [-0.15, -0.1) is 0 Å². The molecular weight excluding hydrogens is 384 g/mol. The summed E-state index contributed by atoms with van der Waals surface area (Å²) in [6, 6.07) is 19.5. The fourth-order valence-electron chi connectivity index (χ4n) is 3.39. The van der Waals surface area contributed by atoms with Crippen LogP contribution in [0.5, 0.6) is 0 Å². The number of hydrogen-bond donors (Lipinski definition) is 1. The molecule has 0 aromatic heterocycles. The zero-order valence-electron chi connectivity index (χ0n) is 16.1. The number of benzene rings is 3. The van der Waals surface area contributed by atoms with Gasteiger partial charge in [0.1, 0.15) is 6.54 Å². The van der Waals surface area contributed by atoms with E-state index < -0.39 is 36.2 Å². The van der Waals surface area contributed by atoms with Gasteiger partial charge in [-0.2, -0.15) is 0 Å². The second-order valence-electron chi connectivity index (χ2n) is 6.89. The maximum absolute atomic E-state index is 12.5. The van der Waals surface area contributed by atoms with Gasteiger partial charge >= 0.3 is 5.97 Å². The summed E-state index contributed by atoms with van der Waals surface area (Å²) in [6.07, 6.45) is -1.08. The van der Waals surface area contributed by atoms with E-state index in [2.05, 4.69) is 5.32 Å². The maximum atomic E-state index is 12.5. The third-order valence-electron chi connectivity index (χ3n) is 4.89. The third kappa shape index (κ3) is 3.53. The molecule has 2 amide bonds. The fourth-order valence-corrected chi connectivity index (χ4v) is 3.39. The molecule has 0 bridgehead atoms. The minimum absolute atomic E-state index is 0.247. The van der Waals surface area contributed by atoms with E-state index in [0.29, 0.717) is 11.4 Å². The van der Waals surface area contributed by atoms with Crippen LogP contribution >= 0.6 is 0 Å². The predicted octanol–water partition coefficient (Wildman–Crippen LogP) is 2.94. The Morgan fingerprint density at radius 3 is 2.50 bits per heavy atom.